The van der Waals surface area contributed by atoms with Crippen LogP contribution in [0.4, 0.5) is 0 Å². The lowest BCUT2D eigenvalue weighted by Crippen LogP contribution is -2.15. The van der Waals surface area contributed by atoms with E-state index in [1.54, 1.807) is 11.3 Å². The van der Waals surface area contributed by atoms with E-state index in [-0.39, 0.29) is 0 Å². The standard InChI is InChI=1S/C15H18N2OS/c1-11-7-12(9-16-13-4-5-13)8-15(17-11)18-10-14-3-2-6-19-14/h2-3,6-8,13,16H,4-5,9-10H2,1H3. The molecule has 2 heterocycles. The maximum Gasteiger partial charge on any atom is 0.214 e. The van der Waals surface area contributed by atoms with E-state index in [2.05, 4.69) is 27.8 Å². The molecule has 100 valence electrons. The van der Waals surface area contributed by atoms with Gasteiger partial charge in [0.1, 0.15) is 6.61 Å². The van der Waals surface area contributed by atoms with E-state index in [9.17, 15) is 0 Å². The van der Waals surface area contributed by atoms with E-state index in [0.29, 0.717) is 6.61 Å². The first kappa shape index (κ1) is 12.6. The summed E-state index contributed by atoms with van der Waals surface area (Å²) in [5, 5.41) is 5.58. The number of hydrogen-bond acceptors (Lipinski definition) is 4. The summed E-state index contributed by atoms with van der Waals surface area (Å²) in [6.07, 6.45) is 2.62. The molecule has 2 aromatic heterocycles. The topological polar surface area (TPSA) is 34.1 Å². The molecule has 0 saturated heterocycles. The van der Waals surface area contributed by atoms with Crippen LogP contribution in [0.5, 0.6) is 5.88 Å². The summed E-state index contributed by atoms with van der Waals surface area (Å²) in [5.41, 5.74) is 2.26. The molecule has 1 saturated carbocycles. The average Bonchev–Trinajstić information content (AvgIpc) is 3.08. The van der Waals surface area contributed by atoms with Crippen LogP contribution in [0, 0.1) is 6.92 Å². The Kier molecular flexibility index (Phi) is 3.80. The SMILES string of the molecule is Cc1cc(CNC2CC2)cc(OCc2cccs2)n1. The zero-order chi connectivity index (χ0) is 13.1. The van der Waals surface area contributed by atoms with Gasteiger partial charge in [-0.3, -0.25) is 0 Å². The summed E-state index contributed by atoms with van der Waals surface area (Å²) in [6.45, 7) is 3.52. The second-order valence-electron chi connectivity index (χ2n) is 4.98. The highest BCUT2D eigenvalue weighted by Crippen LogP contribution is 2.20. The predicted molar refractivity (Wildman–Crippen MR) is 77.5 cm³/mol. The number of nitrogens with zero attached hydrogens (tertiary/aromatic N) is 1. The molecule has 0 bridgehead atoms. The van der Waals surface area contributed by atoms with Gasteiger partial charge in [-0.25, -0.2) is 4.98 Å². The molecule has 2 aromatic rings. The summed E-state index contributed by atoms with van der Waals surface area (Å²) in [4.78, 5) is 5.65. The van der Waals surface area contributed by atoms with Crippen molar-refractivity contribution in [1.82, 2.24) is 10.3 Å². The number of hydrogen-bond donors (Lipinski definition) is 1. The van der Waals surface area contributed by atoms with E-state index >= 15 is 0 Å². The lowest BCUT2D eigenvalue weighted by molar-refractivity contribution is 0.296. The quantitative estimate of drug-likeness (QED) is 0.877. The lowest BCUT2D eigenvalue weighted by atomic mass is 10.2. The van der Waals surface area contributed by atoms with Gasteiger partial charge >= 0.3 is 0 Å². The Balaban J connectivity index is 1.62. The van der Waals surface area contributed by atoms with Crippen molar-refractivity contribution in [2.45, 2.75) is 39.0 Å². The molecular weight excluding hydrogens is 256 g/mol. The molecule has 0 spiro atoms. The van der Waals surface area contributed by atoms with E-state index in [4.69, 9.17) is 4.74 Å². The van der Waals surface area contributed by atoms with Gasteiger partial charge in [-0.1, -0.05) is 6.07 Å². The number of thiophene rings is 1. The second kappa shape index (κ2) is 5.72. The van der Waals surface area contributed by atoms with Crippen LogP contribution in [-0.4, -0.2) is 11.0 Å². The third-order valence-electron chi connectivity index (χ3n) is 3.10. The van der Waals surface area contributed by atoms with Crippen molar-refractivity contribution >= 4 is 11.3 Å². The van der Waals surface area contributed by atoms with Crippen LogP contribution in [0.25, 0.3) is 0 Å². The average molecular weight is 274 g/mol. The molecule has 0 atom stereocenters. The van der Waals surface area contributed by atoms with Crippen molar-refractivity contribution in [3.8, 4) is 5.88 Å². The number of rotatable bonds is 6. The number of pyridine rings is 1. The summed E-state index contributed by atoms with van der Waals surface area (Å²) in [6, 6.07) is 9.00. The van der Waals surface area contributed by atoms with E-state index < -0.39 is 0 Å². The Bertz CT molecular complexity index is 535. The van der Waals surface area contributed by atoms with Crippen LogP contribution in [0.1, 0.15) is 29.0 Å². The normalized spacial score (nSPS) is 14.6. The van der Waals surface area contributed by atoms with Crippen molar-refractivity contribution in [2.75, 3.05) is 0 Å². The Hall–Kier alpha value is -1.39. The molecule has 1 fully saturated rings. The number of ether oxygens (including phenoxy) is 1. The van der Waals surface area contributed by atoms with Crippen molar-refractivity contribution in [1.29, 1.82) is 0 Å². The summed E-state index contributed by atoms with van der Waals surface area (Å²) >= 11 is 1.71. The van der Waals surface area contributed by atoms with Crippen LogP contribution in [-0.2, 0) is 13.2 Å². The van der Waals surface area contributed by atoms with Gasteiger partial charge in [0.2, 0.25) is 5.88 Å². The van der Waals surface area contributed by atoms with Crippen LogP contribution in [0.2, 0.25) is 0 Å². The van der Waals surface area contributed by atoms with E-state index in [1.807, 2.05) is 19.1 Å². The maximum atomic E-state index is 5.77. The lowest BCUT2D eigenvalue weighted by Gasteiger charge is -2.08. The van der Waals surface area contributed by atoms with E-state index in [1.165, 1.54) is 23.3 Å². The Morgan fingerprint density at radius 3 is 3.05 bits per heavy atom. The second-order valence-corrected chi connectivity index (χ2v) is 6.01. The van der Waals surface area contributed by atoms with Crippen LogP contribution >= 0.6 is 11.3 Å². The van der Waals surface area contributed by atoms with Crippen molar-refractivity contribution < 1.29 is 4.74 Å². The monoisotopic (exact) mass is 274 g/mol. The van der Waals surface area contributed by atoms with Crippen LogP contribution in [0.15, 0.2) is 29.6 Å². The molecule has 0 aliphatic heterocycles. The molecule has 1 aliphatic rings. The van der Waals surface area contributed by atoms with Gasteiger partial charge in [0.25, 0.3) is 0 Å². The Morgan fingerprint density at radius 1 is 1.42 bits per heavy atom. The fraction of sp³-hybridized carbons (Fsp3) is 0.400. The Morgan fingerprint density at radius 2 is 2.32 bits per heavy atom. The first-order chi connectivity index (χ1) is 9.29. The first-order valence-corrected chi connectivity index (χ1v) is 7.54. The largest absolute Gasteiger partial charge is 0.472 e. The summed E-state index contributed by atoms with van der Waals surface area (Å²) in [5.74, 6) is 0.723. The molecule has 1 N–H and O–H groups in total. The minimum absolute atomic E-state index is 0.601. The molecule has 0 aromatic carbocycles. The maximum absolute atomic E-state index is 5.77. The molecular formula is C15H18N2OS. The number of aryl methyl sites for hydroxylation is 1. The summed E-state index contributed by atoms with van der Waals surface area (Å²) in [7, 11) is 0. The molecule has 3 rings (SSSR count). The van der Waals surface area contributed by atoms with Gasteiger partial charge in [-0.05, 0) is 42.8 Å². The van der Waals surface area contributed by atoms with Gasteiger partial charge in [0.05, 0.1) is 0 Å². The van der Waals surface area contributed by atoms with Crippen molar-refractivity contribution in [2.24, 2.45) is 0 Å². The fourth-order valence-electron chi connectivity index (χ4n) is 1.97. The van der Waals surface area contributed by atoms with Crippen LogP contribution < -0.4 is 10.1 Å². The van der Waals surface area contributed by atoms with Gasteiger partial charge in [-0.2, -0.15) is 0 Å². The molecule has 3 nitrogen and oxygen atoms in total. The highest BCUT2D eigenvalue weighted by Gasteiger charge is 2.20. The number of aromatic nitrogens is 1. The van der Waals surface area contributed by atoms with Gasteiger partial charge in [-0.15, -0.1) is 11.3 Å². The minimum Gasteiger partial charge on any atom is -0.472 e. The van der Waals surface area contributed by atoms with Gasteiger partial charge < -0.3 is 10.1 Å². The van der Waals surface area contributed by atoms with Crippen molar-refractivity contribution in [3.63, 3.8) is 0 Å². The minimum atomic E-state index is 0.601. The van der Waals surface area contributed by atoms with Gasteiger partial charge in [0, 0.05) is 29.2 Å². The molecule has 4 heteroatoms. The van der Waals surface area contributed by atoms with E-state index in [0.717, 1.165) is 24.2 Å². The highest BCUT2D eigenvalue weighted by molar-refractivity contribution is 7.09. The zero-order valence-electron chi connectivity index (χ0n) is 11.1. The third-order valence-corrected chi connectivity index (χ3v) is 3.95. The first-order valence-electron chi connectivity index (χ1n) is 6.66. The predicted octanol–water partition coefficient (Wildman–Crippen LogP) is 3.28. The van der Waals surface area contributed by atoms with Crippen molar-refractivity contribution in [3.05, 3.63) is 45.8 Å². The van der Waals surface area contributed by atoms with Crippen LogP contribution in [0.3, 0.4) is 0 Å². The van der Waals surface area contributed by atoms with Gasteiger partial charge in [0.15, 0.2) is 0 Å². The third kappa shape index (κ3) is 3.78. The fourth-order valence-corrected chi connectivity index (χ4v) is 2.59. The molecule has 19 heavy (non-hydrogen) atoms. The molecule has 1 aliphatic carbocycles. The Labute approximate surface area is 117 Å². The highest BCUT2D eigenvalue weighted by atomic mass is 32.1. The molecule has 0 radical (unpaired) electrons. The molecule has 0 unspecified atom stereocenters. The molecule has 0 amide bonds. The smallest absolute Gasteiger partial charge is 0.214 e. The number of nitrogens with one attached hydrogen (secondary N) is 1. The zero-order valence-corrected chi connectivity index (χ0v) is 11.9. The summed E-state index contributed by atoms with van der Waals surface area (Å²) < 4.78 is 5.77.